The van der Waals surface area contributed by atoms with Crippen molar-refractivity contribution in [1.29, 1.82) is 0 Å². The summed E-state index contributed by atoms with van der Waals surface area (Å²) in [4.78, 5) is 0. The maximum absolute atomic E-state index is 5.43. The third kappa shape index (κ3) is 2.71. The minimum absolute atomic E-state index is 0.417. The van der Waals surface area contributed by atoms with Gasteiger partial charge >= 0.3 is 65.4 Å². The molecule has 9 heavy (non-hydrogen) atoms. The summed E-state index contributed by atoms with van der Waals surface area (Å²) in [6.07, 6.45) is 3.04. The van der Waals surface area contributed by atoms with Crippen LogP contribution < -0.4 is 36.9 Å². The van der Waals surface area contributed by atoms with E-state index in [9.17, 15) is 0 Å². The van der Waals surface area contributed by atoms with E-state index in [1.54, 1.807) is 0 Å². The van der Waals surface area contributed by atoms with E-state index in [-0.39, 0.29) is 0 Å². The summed E-state index contributed by atoms with van der Waals surface area (Å²) in [5.74, 6) is 0. The molecule has 0 saturated heterocycles. The van der Waals surface area contributed by atoms with Crippen molar-refractivity contribution in [3.05, 3.63) is 21.6 Å². The molecule has 0 heterocycles. The quantitative estimate of drug-likeness (QED) is 0.267. The maximum atomic E-state index is 5.43. The van der Waals surface area contributed by atoms with Crippen molar-refractivity contribution in [2.75, 3.05) is 0 Å². The van der Waals surface area contributed by atoms with Crippen LogP contribution in [0, 0.1) is 0 Å². The van der Waals surface area contributed by atoms with Crippen LogP contribution in [0.1, 0.15) is 6.92 Å². The average Bonchev–Trinajstić information content (AvgIpc) is 1.90. The second-order valence-electron chi connectivity index (χ2n) is 1.47. The Morgan fingerprint density at radius 3 is 2.00 bits per heavy atom. The van der Waals surface area contributed by atoms with E-state index < -0.39 is 21.5 Å². The average molecular weight is 240 g/mol. The molecule has 0 radical (unpaired) electrons. The topological polar surface area (TPSA) is 78.1 Å². The molecule has 0 aromatic carbocycles. The molecule has 0 aliphatic carbocycles. The van der Waals surface area contributed by atoms with Gasteiger partial charge in [-0.2, -0.15) is 0 Å². The molecule has 0 amide bonds. The van der Waals surface area contributed by atoms with Gasteiger partial charge in [0.05, 0.1) is 0 Å². The van der Waals surface area contributed by atoms with Gasteiger partial charge in [-0.15, -0.1) is 0 Å². The van der Waals surface area contributed by atoms with Crippen molar-refractivity contribution in [3.63, 3.8) is 0 Å². The van der Waals surface area contributed by atoms with Crippen LogP contribution in [-0.2, 0) is 0 Å². The summed E-state index contributed by atoms with van der Waals surface area (Å²) in [6, 6.07) is 0. The van der Waals surface area contributed by atoms with Crippen molar-refractivity contribution in [3.8, 4) is 0 Å². The molecule has 0 spiro atoms. The molecule has 0 aromatic rings. The predicted molar refractivity (Wildman–Crippen MR) is 34.4 cm³/mol. The number of rotatable bonds is 2. The monoisotopic (exact) mass is 240 g/mol. The fraction of sp³-hybridized carbons (Fsp3) is 0.200. The Labute approximate surface area is 65.6 Å². The Balaban J connectivity index is 4.14. The Morgan fingerprint density at radius 2 is 1.89 bits per heavy atom. The van der Waals surface area contributed by atoms with Crippen molar-refractivity contribution in [2.45, 2.75) is 6.92 Å². The summed E-state index contributed by atoms with van der Waals surface area (Å²) in [6.45, 7) is 1.89. The first kappa shape index (κ1) is 8.77. The van der Waals surface area contributed by atoms with Crippen LogP contribution in [0.3, 0.4) is 0 Å². The van der Waals surface area contributed by atoms with Gasteiger partial charge in [0.15, 0.2) is 0 Å². The molecule has 0 aliphatic heterocycles. The van der Waals surface area contributed by atoms with Crippen LogP contribution in [-0.4, -0.2) is 0 Å². The summed E-state index contributed by atoms with van der Waals surface area (Å²) < 4.78 is 6.42. The molecule has 0 unspecified atom stereocenters. The number of halogens is 1. The molecular formula is C5H11IN3-. The van der Waals surface area contributed by atoms with Crippen molar-refractivity contribution in [2.24, 2.45) is 15.4 Å². The van der Waals surface area contributed by atoms with E-state index in [0.717, 1.165) is 9.15 Å². The number of nitrogens with two attached hydrogens (primary N) is 3. The molecule has 0 rings (SSSR count). The van der Waals surface area contributed by atoms with Crippen molar-refractivity contribution < 1.29 is 21.5 Å². The molecule has 54 valence electrons. The molecular weight excluding hydrogens is 229 g/mol. The zero-order valence-corrected chi connectivity index (χ0v) is 7.42. The van der Waals surface area contributed by atoms with Gasteiger partial charge in [-0.25, -0.2) is 0 Å². The Morgan fingerprint density at radius 1 is 1.33 bits per heavy atom. The standard InChI is InChI=1S/C5H11IN3/c1-4(2-7)5(3-8)6-9/h2-3H,7-9H2,1H3/q-1/b4-2+,5-3-. The van der Waals surface area contributed by atoms with E-state index in [1.807, 2.05) is 6.92 Å². The Kier molecular flexibility index (Phi) is 4.51. The Hall–Kier alpha value is -0.230. The molecule has 0 aromatic heterocycles. The van der Waals surface area contributed by atoms with E-state index >= 15 is 0 Å². The molecule has 0 aliphatic rings. The molecule has 0 fully saturated rings. The normalized spacial score (nSPS) is 14.4. The summed E-state index contributed by atoms with van der Waals surface area (Å²) in [5.41, 5.74) is 11.5. The van der Waals surface area contributed by atoms with Gasteiger partial charge in [-0.3, -0.25) is 0 Å². The van der Waals surface area contributed by atoms with E-state index in [4.69, 9.17) is 15.4 Å². The number of hydrogen-bond donors (Lipinski definition) is 3. The van der Waals surface area contributed by atoms with Crippen LogP contribution in [0.15, 0.2) is 21.6 Å². The van der Waals surface area contributed by atoms with Crippen LogP contribution in [0.25, 0.3) is 0 Å². The number of hydrogen-bond acceptors (Lipinski definition) is 3. The fourth-order valence-electron chi connectivity index (χ4n) is 0.333. The predicted octanol–water partition coefficient (Wildman–Crippen LogP) is -3.39. The van der Waals surface area contributed by atoms with E-state index in [2.05, 4.69) is 0 Å². The van der Waals surface area contributed by atoms with Crippen LogP contribution in [0.2, 0.25) is 0 Å². The first-order valence-corrected chi connectivity index (χ1v) is 4.73. The first-order valence-electron chi connectivity index (χ1n) is 2.40. The first-order chi connectivity index (χ1) is 4.26. The van der Waals surface area contributed by atoms with Crippen molar-refractivity contribution in [1.82, 2.24) is 0 Å². The minimum atomic E-state index is -0.417. The van der Waals surface area contributed by atoms with Crippen LogP contribution >= 0.6 is 0 Å². The second-order valence-corrected chi connectivity index (χ2v) is 3.26. The van der Waals surface area contributed by atoms with Crippen molar-refractivity contribution >= 4 is 0 Å². The zero-order valence-electron chi connectivity index (χ0n) is 5.26. The summed E-state index contributed by atoms with van der Waals surface area (Å²) in [5, 5.41) is 0. The van der Waals surface area contributed by atoms with Gasteiger partial charge in [0, 0.05) is 0 Å². The van der Waals surface area contributed by atoms with Gasteiger partial charge in [0.1, 0.15) is 0 Å². The van der Waals surface area contributed by atoms with Gasteiger partial charge in [0.25, 0.3) is 0 Å². The molecule has 0 bridgehead atoms. The number of allylic oxidation sites excluding steroid dienone is 2. The Bertz CT molecular complexity index is 139. The fourth-order valence-corrected chi connectivity index (χ4v) is 1.21. The van der Waals surface area contributed by atoms with Gasteiger partial charge < -0.3 is 0 Å². The van der Waals surface area contributed by atoms with Gasteiger partial charge in [-0.05, 0) is 0 Å². The summed E-state index contributed by atoms with van der Waals surface area (Å²) >= 11 is -0.417. The van der Waals surface area contributed by atoms with Crippen LogP contribution in [0.5, 0.6) is 0 Å². The second kappa shape index (κ2) is 4.63. The third-order valence-electron chi connectivity index (χ3n) is 0.891. The SMILES string of the molecule is CC(=C\N)/C(=C/N)[I-]N. The van der Waals surface area contributed by atoms with Gasteiger partial charge in [0.2, 0.25) is 0 Å². The van der Waals surface area contributed by atoms with Crippen LogP contribution in [0.4, 0.5) is 0 Å². The van der Waals surface area contributed by atoms with E-state index in [0.29, 0.717) is 0 Å². The zero-order chi connectivity index (χ0) is 7.28. The molecule has 4 heteroatoms. The van der Waals surface area contributed by atoms with E-state index in [1.165, 1.54) is 12.4 Å². The molecule has 3 nitrogen and oxygen atoms in total. The summed E-state index contributed by atoms with van der Waals surface area (Å²) in [7, 11) is 0. The van der Waals surface area contributed by atoms with Gasteiger partial charge in [-0.1, -0.05) is 0 Å². The molecule has 0 atom stereocenters. The molecule has 6 N–H and O–H groups in total. The third-order valence-corrected chi connectivity index (χ3v) is 2.77. The molecule has 0 saturated carbocycles.